The molecule has 3 N–H and O–H groups in total. The number of hydrogen-bond donors (Lipinski definition) is 3. The van der Waals surface area contributed by atoms with Crippen LogP contribution in [-0.4, -0.2) is 92.1 Å². The summed E-state index contributed by atoms with van der Waals surface area (Å²) in [5, 5.41) is 31.6. The van der Waals surface area contributed by atoms with Crippen molar-refractivity contribution in [2.24, 2.45) is 11.3 Å². The molecule has 176 valence electrons. The molecular weight excluding hydrogens is 422 g/mol. The van der Waals surface area contributed by atoms with E-state index in [0.717, 1.165) is 25.3 Å². The summed E-state index contributed by atoms with van der Waals surface area (Å²) in [6.45, 7) is 3.81. The number of aliphatic hydroxyl groups is 2. The maximum Gasteiger partial charge on any atom is 0.290 e. The number of rotatable bonds is 7. The van der Waals surface area contributed by atoms with Crippen molar-refractivity contribution in [3.05, 3.63) is 66.1 Å². The van der Waals surface area contributed by atoms with E-state index in [0.29, 0.717) is 24.9 Å². The predicted molar refractivity (Wildman–Crippen MR) is 123 cm³/mol. The first-order valence-electron chi connectivity index (χ1n) is 11.1. The van der Waals surface area contributed by atoms with E-state index in [9.17, 15) is 10.2 Å². The molecule has 0 unspecified atom stereocenters. The Morgan fingerprint density at radius 3 is 2.76 bits per heavy atom. The number of fused-ring (bicyclic) bond motifs is 1. The van der Waals surface area contributed by atoms with Gasteiger partial charge in [0.25, 0.3) is 6.47 Å². The van der Waals surface area contributed by atoms with E-state index < -0.39 is 0 Å². The van der Waals surface area contributed by atoms with Crippen LogP contribution in [0.15, 0.2) is 55.0 Å². The van der Waals surface area contributed by atoms with Gasteiger partial charge in [0.1, 0.15) is 6.33 Å². The fraction of sp³-hybridized carbons (Fsp3) is 0.458. The smallest absolute Gasteiger partial charge is 0.290 e. The molecule has 1 aliphatic carbocycles. The third-order valence-corrected chi connectivity index (χ3v) is 7.01. The van der Waals surface area contributed by atoms with Crippen LogP contribution in [0.4, 0.5) is 0 Å². The van der Waals surface area contributed by atoms with Gasteiger partial charge in [0.05, 0.1) is 12.7 Å². The summed E-state index contributed by atoms with van der Waals surface area (Å²) >= 11 is 0. The Kier molecular flexibility index (Phi) is 7.04. The Hall–Kier alpha value is -2.85. The molecular formula is C24H31N5O4. The topological polar surface area (TPSA) is 114 Å². The lowest BCUT2D eigenvalue weighted by Crippen LogP contribution is -2.29. The van der Waals surface area contributed by atoms with Crippen LogP contribution in [-0.2, 0) is 11.3 Å². The maximum atomic E-state index is 11.2. The second-order valence-electron chi connectivity index (χ2n) is 8.98. The van der Waals surface area contributed by atoms with E-state index in [-0.39, 0.29) is 24.6 Å². The average Bonchev–Trinajstić information content (AvgIpc) is 3.07. The van der Waals surface area contributed by atoms with E-state index in [1.165, 1.54) is 11.1 Å². The predicted octanol–water partition coefficient (Wildman–Crippen LogP) is 0.931. The third-order valence-electron chi connectivity index (χ3n) is 7.01. The summed E-state index contributed by atoms with van der Waals surface area (Å²) in [5.74, 6) is 0.731. The molecule has 1 saturated carbocycles. The van der Waals surface area contributed by atoms with E-state index in [1.807, 2.05) is 12.3 Å². The minimum absolute atomic E-state index is 0.121. The SMILES string of the molecule is CN(CCO)C[C@@H]1[C@@H](c2ccccc2)[C@]12CN(Cc1ccn3ncnc3c1)C[C@@H]2O.O=CO. The number of nitrogens with zero attached hydrogens (tertiary/aromatic N) is 5. The highest BCUT2D eigenvalue weighted by atomic mass is 16.3. The largest absolute Gasteiger partial charge is 0.483 e. The first-order valence-corrected chi connectivity index (χ1v) is 11.1. The lowest BCUT2D eigenvalue weighted by molar-refractivity contribution is -0.122. The van der Waals surface area contributed by atoms with Gasteiger partial charge in [-0.1, -0.05) is 30.3 Å². The Balaban J connectivity index is 0.000000821. The van der Waals surface area contributed by atoms with Crippen LogP contribution in [0.2, 0.25) is 0 Å². The zero-order valence-corrected chi connectivity index (χ0v) is 18.7. The van der Waals surface area contributed by atoms with Gasteiger partial charge in [-0.2, -0.15) is 5.10 Å². The molecule has 3 aromatic rings. The molecule has 1 spiro atoms. The van der Waals surface area contributed by atoms with Gasteiger partial charge in [0.15, 0.2) is 5.65 Å². The second-order valence-corrected chi connectivity index (χ2v) is 8.98. The van der Waals surface area contributed by atoms with Crippen molar-refractivity contribution in [3.63, 3.8) is 0 Å². The number of carboxylic acid groups (broad SMARTS) is 1. The molecule has 9 heteroatoms. The highest BCUT2D eigenvalue weighted by Gasteiger charge is 2.70. The molecule has 2 aliphatic rings. The van der Waals surface area contributed by atoms with Crippen LogP contribution in [0.3, 0.4) is 0 Å². The van der Waals surface area contributed by atoms with Crippen molar-refractivity contribution in [2.75, 3.05) is 39.8 Å². The molecule has 1 saturated heterocycles. The minimum Gasteiger partial charge on any atom is -0.483 e. The van der Waals surface area contributed by atoms with Crippen LogP contribution in [0, 0.1) is 11.3 Å². The Morgan fingerprint density at radius 1 is 1.27 bits per heavy atom. The lowest BCUT2D eigenvalue weighted by atomic mass is 9.95. The zero-order valence-electron chi connectivity index (χ0n) is 18.7. The van der Waals surface area contributed by atoms with Crippen molar-refractivity contribution in [2.45, 2.75) is 18.6 Å². The Morgan fingerprint density at radius 2 is 2.03 bits per heavy atom. The summed E-state index contributed by atoms with van der Waals surface area (Å²) in [6, 6.07) is 14.7. The third kappa shape index (κ3) is 4.63. The first kappa shape index (κ1) is 23.3. The normalized spacial score (nSPS) is 26.5. The first-order chi connectivity index (χ1) is 16.0. The highest BCUT2D eigenvalue weighted by Crippen LogP contribution is 2.69. The van der Waals surface area contributed by atoms with Gasteiger partial charge in [-0.3, -0.25) is 9.69 Å². The van der Waals surface area contributed by atoms with Crippen molar-refractivity contribution in [1.82, 2.24) is 24.4 Å². The molecule has 4 atom stereocenters. The van der Waals surface area contributed by atoms with Crippen molar-refractivity contribution in [1.29, 1.82) is 0 Å². The molecule has 1 aromatic carbocycles. The zero-order chi connectivity index (χ0) is 23.4. The molecule has 0 radical (unpaired) electrons. The van der Waals surface area contributed by atoms with E-state index in [4.69, 9.17) is 9.90 Å². The molecule has 33 heavy (non-hydrogen) atoms. The quantitative estimate of drug-likeness (QED) is 0.453. The number of aliphatic hydroxyl groups excluding tert-OH is 2. The number of β-amino-alcohol motifs (C(OH)–C–C–N with tert-alkyl or cyclic N) is 1. The van der Waals surface area contributed by atoms with Gasteiger partial charge < -0.3 is 20.2 Å². The molecule has 1 aliphatic heterocycles. The maximum absolute atomic E-state index is 11.2. The molecule has 3 heterocycles. The summed E-state index contributed by atoms with van der Waals surface area (Å²) in [5.41, 5.74) is 3.22. The van der Waals surface area contributed by atoms with Crippen molar-refractivity contribution < 1.29 is 20.1 Å². The number of benzene rings is 1. The number of likely N-dealkylation sites (tertiary alicyclic amines) is 1. The standard InChI is InChI=1S/C23H29N5O2.CH2O2/c1-26(9-10-29)13-19-22(18-5-3-2-4-6-18)23(19)15-27(14-20(23)30)12-17-7-8-28-21(11-17)24-16-25-28;2-1-3/h2-8,11,16,19-20,22,29-30H,9-10,12-15H2,1H3;1H,(H,2,3)/t19-,20+,22-,23-;/m1./s1. The van der Waals surface area contributed by atoms with Gasteiger partial charge >= 0.3 is 0 Å². The van der Waals surface area contributed by atoms with Gasteiger partial charge in [-0.25, -0.2) is 9.50 Å². The van der Waals surface area contributed by atoms with Gasteiger partial charge in [0.2, 0.25) is 0 Å². The molecule has 2 fully saturated rings. The Bertz CT molecular complexity index is 1060. The van der Waals surface area contributed by atoms with Crippen LogP contribution in [0.1, 0.15) is 17.0 Å². The molecule has 2 aromatic heterocycles. The molecule has 5 rings (SSSR count). The average molecular weight is 454 g/mol. The fourth-order valence-corrected chi connectivity index (χ4v) is 5.59. The van der Waals surface area contributed by atoms with Gasteiger partial charge in [-0.05, 0) is 42.1 Å². The number of hydrogen-bond acceptors (Lipinski definition) is 7. The van der Waals surface area contributed by atoms with Gasteiger partial charge in [-0.15, -0.1) is 0 Å². The van der Waals surface area contributed by atoms with E-state index in [1.54, 1.807) is 10.8 Å². The van der Waals surface area contributed by atoms with Crippen molar-refractivity contribution >= 4 is 12.1 Å². The van der Waals surface area contributed by atoms with Crippen LogP contribution in [0.5, 0.6) is 0 Å². The number of aromatic nitrogens is 3. The molecule has 0 amide bonds. The second kappa shape index (κ2) is 9.96. The lowest BCUT2D eigenvalue weighted by Gasteiger charge is -2.19. The fourth-order valence-electron chi connectivity index (χ4n) is 5.59. The Labute approximate surface area is 192 Å². The summed E-state index contributed by atoms with van der Waals surface area (Å²) < 4.78 is 1.77. The van der Waals surface area contributed by atoms with Crippen molar-refractivity contribution in [3.8, 4) is 0 Å². The monoisotopic (exact) mass is 453 g/mol. The van der Waals surface area contributed by atoms with Gasteiger partial charge in [0, 0.05) is 44.3 Å². The molecule has 0 bridgehead atoms. The van der Waals surface area contributed by atoms with Crippen LogP contribution >= 0.6 is 0 Å². The van der Waals surface area contributed by atoms with Crippen LogP contribution < -0.4 is 0 Å². The van der Waals surface area contributed by atoms with E-state index >= 15 is 0 Å². The minimum atomic E-state index is -0.355. The highest BCUT2D eigenvalue weighted by molar-refractivity contribution is 5.40. The number of carbonyl (C=O) groups is 1. The summed E-state index contributed by atoms with van der Waals surface area (Å²) in [7, 11) is 2.05. The number of likely N-dealkylation sites (N-methyl/N-ethyl adjacent to an activating group) is 1. The number of pyridine rings is 1. The molecule has 9 nitrogen and oxygen atoms in total. The summed E-state index contributed by atoms with van der Waals surface area (Å²) in [6.07, 6.45) is 3.15. The summed E-state index contributed by atoms with van der Waals surface area (Å²) in [4.78, 5) is 17.2. The van der Waals surface area contributed by atoms with Crippen LogP contribution in [0.25, 0.3) is 5.65 Å². The van der Waals surface area contributed by atoms with E-state index in [2.05, 4.69) is 63.3 Å².